The van der Waals surface area contributed by atoms with Crippen LogP contribution in [0.25, 0.3) is 22.4 Å². The van der Waals surface area contributed by atoms with E-state index < -0.39 is 0 Å². The maximum atomic E-state index is 9.56. The highest BCUT2D eigenvalue weighted by Crippen LogP contribution is 2.33. The Morgan fingerprint density at radius 1 is 1.04 bits per heavy atom. The zero-order chi connectivity index (χ0) is 18.7. The van der Waals surface area contributed by atoms with Gasteiger partial charge in [-0.05, 0) is 42.0 Å². The van der Waals surface area contributed by atoms with Gasteiger partial charge in [-0.2, -0.15) is 5.26 Å². The molecule has 26 heavy (non-hydrogen) atoms. The third-order valence-electron chi connectivity index (χ3n) is 4.49. The van der Waals surface area contributed by atoms with E-state index in [0.717, 1.165) is 34.4 Å². The lowest BCUT2D eigenvalue weighted by Gasteiger charge is -2.12. The fourth-order valence-corrected chi connectivity index (χ4v) is 3.20. The van der Waals surface area contributed by atoms with Crippen LogP contribution in [0.3, 0.4) is 0 Å². The SMILES string of the molecule is Cc1ccccc1-c1cc(-c2ccc(CC(C)C)cc2)nc(N)c1C#N. The third-order valence-corrected chi connectivity index (χ3v) is 4.49. The van der Waals surface area contributed by atoms with Gasteiger partial charge >= 0.3 is 0 Å². The Morgan fingerprint density at radius 2 is 1.73 bits per heavy atom. The third kappa shape index (κ3) is 3.60. The number of rotatable bonds is 4. The van der Waals surface area contributed by atoms with E-state index in [9.17, 15) is 5.26 Å². The number of aryl methyl sites for hydroxylation is 1. The van der Waals surface area contributed by atoms with E-state index in [-0.39, 0.29) is 5.82 Å². The summed E-state index contributed by atoms with van der Waals surface area (Å²) in [5.41, 5.74) is 12.6. The number of hydrogen-bond donors (Lipinski definition) is 1. The van der Waals surface area contributed by atoms with Gasteiger partial charge in [0.15, 0.2) is 0 Å². The molecule has 3 rings (SSSR count). The predicted molar refractivity (Wildman–Crippen MR) is 108 cm³/mol. The van der Waals surface area contributed by atoms with E-state index in [0.29, 0.717) is 11.5 Å². The summed E-state index contributed by atoms with van der Waals surface area (Å²) in [4.78, 5) is 4.48. The molecule has 0 fully saturated rings. The van der Waals surface area contributed by atoms with Crippen LogP contribution >= 0.6 is 0 Å². The molecule has 0 atom stereocenters. The zero-order valence-electron chi connectivity index (χ0n) is 15.5. The molecule has 0 aliphatic carbocycles. The maximum absolute atomic E-state index is 9.56. The lowest BCUT2D eigenvalue weighted by molar-refractivity contribution is 0.647. The Hall–Kier alpha value is -3.12. The first kappa shape index (κ1) is 17.7. The molecule has 1 heterocycles. The first-order valence-corrected chi connectivity index (χ1v) is 8.85. The van der Waals surface area contributed by atoms with Crippen molar-refractivity contribution in [2.45, 2.75) is 27.2 Å². The molecule has 2 aromatic carbocycles. The molecule has 1 aromatic heterocycles. The van der Waals surface area contributed by atoms with Crippen molar-refractivity contribution < 1.29 is 0 Å². The molecular weight excluding hydrogens is 318 g/mol. The number of benzene rings is 2. The second-order valence-electron chi connectivity index (χ2n) is 7.04. The summed E-state index contributed by atoms with van der Waals surface area (Å²) >= 11 is 0. The van der Waals surface area contributed by atoms with Crippen LogP contribution in [-0.4, -0.2) is 4.98 Å². The summed E-state index contributed by atoms with van der Waals surface area (Å²) in [5, 5.41) is 9.56. The zero-order valence-corrected chi connectivity index (χ0v) is 15.5. The monoisotopic (exact) mass is 341 g/mol. The van der Waals surface area contributed by atoms with Crippen molar-refractivity contribution in [3.63, 3.8) is 0 Å². The Labute approximate surface area is 155 Å². The predicted octanol–water partition coefficient (Wildman–Crippen LogP) is 5.38. The summed E-state index contributed by atoms with van der Waals surface area (Å²) in [6.45, 7) is 6.46. The molecule has 130 valence electrons. The van der Waals surface area contributed by atoms with Crippen LogP contribution in [0.2, 0.25) is 0 Å². The van der Waals surface area contributed by atoms with E-state index >= 15 is 0 Å². The molecule has 0 amide bonds. The first-order valence-electron chi connectivity index (χ1n) is 8.85. The van der Waals surface area contributed by atoms with Crippen molar-refractivity contribution in [1.29, 1.82) is 5.26 Å². The van der Waals surface area contributed by atoms with Crippen molar-refractivity contribution in [2.75, 3.05) is 5.73 Å². The minimum Gasteiger partial charge on any atom is -0.383 e. The number of nitrogens with zero attached hydrogens (tertiary/aromatic N) is 2. The fraction of sp³-hybridized carbons (Fsp3) is 0.217. The number of aromatic nitrogens is 1. The number of hydrogen-bond acceptors (Lipinski definition) is 3. The average Bonchev–Trinajstić information content (AvgIpc) is 2.61. The molecule has 3 heteroatoms. The second kappa shape index (κ2) is 7.41. The molecule has 0 radical (unpaired) electrons. The van der Waals surface area contributed by atoms with Crippen molar-refractivity contribution in [1.82, 2.24) is 4.98 Å². The van der Waals surface area contributed by atoms with Gasteiger partial charge in [-0.25, -0.2) is 4.98 Å². The Bertz CT molecular complexity index is 964. The van der Waals surface area contributed by atoms with Crippen molar-refractivity contribution in [3.8, 4) is 28.5 Å². The van der Waals surface area contributed by atoms with Gasteiger partial charge in [-0.3, -0.25) is 0 Å². The molecule has 2 N–H and O–H groups in total. The van der Waals surface area contributed by atoms with E-state index in [4.69, 9.17) is 5.73 Å². The molecular formula is C23H23N3. The number of nitrogen functional groups attached to an aromatic ring is 1. The van der Waals surface area contributed by atoms with Crippen LogP contribution in [-0.2, 0) is 6.42 Å². The summed E-state index contributed by atoms with van der Waals surface area (Å²) in [6.07, 6.45) is 1.05. The number of anilines is 1. The number of nitriles is 1. The van der Waals surface area contributed by atoms with Gasteiger partial charge in [0.05, 0.1) is 5.69 Å². The van der Waals surface area contributed by atoms with Gasteiger partial charge in [0, 0.05) is 11.1 Å². The van der Waals surface area contributed by atoms with Crippen molar-refractivity contribution in [3.05, 3.63) is 71.3 Å². The van der Waals surface area contributed by atoms with Gasteiger partial charge < -0.3 is 5.73 Å². The number of nitrogens with two attached hydrogens (primary N) is 1. The van der Waals surface area contributed by atoms with Crippen LogP contribution in [0.4, 0.5) is 5.82 Å². The Balaban J connectivity index is 2.10. The fourth-order valence-electron chi connectivity index (χ4n) is 3.20. The first-order chi connectivity index (χ1) is 12.5. The minimum absolute atomic E-state index is 0.273. The van der Waals surface area contributed by atoms with Gasteiger partial charge in [0.2, 0.25) is 0 Å². The smallest absolute Gasteiger partial charge is 0.142 e. The van der Waals surface area contributed by atoms with Crippen LogP contribution < -0.4 is 5.73 Å². The molecule has 0 unspecified atom stereocenters. The Kier molecular flexibility index (Phi) is 5.04. The summed E-state index contributed by atoms with van der Waals surface area (Å²) in [7, 11) is 0. The van der Waals surface area contributed by atoms with Gasteiger partial charge in [0.25, 0.3) is 0 Å². The van der Waals surface area contributed by atoms with Gasteiger partial charge in [0.1, 0.15) is 17.5 Å². The second-order valence-corrected chi connectivity index (χ2v) is 7.04. The largest absolute Gasteiger partial charge is 0.383 e. The van der Waals surface area contributed by atoms with Crippen LogP contribution in [0.5, 0.6) is 0 Å². The lowest BCUT2D eigenvalue weighted by Crippen LogP contribution is -2.00. The van der Waals surface area contributed by atoms with E-state index in [1.807, 2.05) is 37.3 Å². The van der Waals surface area contributed by atoms with E-state index in [1.165, 1.54) is 5.56 Å². The molecule has 0 aliphatic rings. The van der Waals surface area contributed by atoms with Crippen LogP contribution in [0.1, 0.15) is 30.5 Å². The highest BCUT2D eigenvalue weighted by atomic mass is 14.8. The van der Waals surface area contributed by atoms with Crippen molar-refractivity contribution in [2.24, 2.45) is 5.92 Å². The summed E-state index contributed by atoms with van der Waals surface area (Å²) in [5.74, 6) is 0.895. The van der Waals surface area contributed by atoms with Crippen LogP contribution in [0.15, 0.2) is 54.6 Å². The molecule has 0 bridgehead atoms. The van der Waals surface area contributed by atoms with Crippen molar-refractivity contribution >= 4 is 5.82 Å². The summed E-state index contributed by atoms with van der Waals surface area (Å²) in [6, 6.07) is 20.6. The van der Waals surface area contributed by atoms with E-state index in [2.05, 4.69) is 49.2 Å². The topological polar surface area (TPSA) is 62.7 Å². The van der Waals surface area contributed by atoms with E-state index in [1.54, 1.807) is 0 Å². The normalized spacial score (nSPS) is 10.7. The molecule has 0 saturated heterocycles. The highest BCUT2D eigenvalue weighted by Gasteiger charge is 2.14. The lowest BCUT2D eigenvalue weighted by atomic mass is 9.95. The molecule has 0 aliphatic heterocycles. The molecule has 0 saturated carbocycles. The van der Waals surface area contributed by atoms with Gasteiger partial charge in [-0.15, -0.1) is 0 Å². The van der Waals surface area contributed by atoms with Gasteiger partial charge in [-0.1, -0.05) is 62.4 Å². The van der Waals surface area contributed by atoms with Crippen LogP contribution in [0, 0.1) is 24.2 Å². The quantitative estimate of drug-likeness (QED) is 0.693. The minimum atomic E-state index is 0.273. The number of pyridine rings is 1. The molecule has 3 aromatic rings. The average molecular weight is 341 g/mol. The maximum Gasteiger partial charge on any atom is 0.142 e. The molecule has 0 spiro atoms. The molecule has 3 nitrogen and oxygen atoms in total. The summed E-state index contributed by atoms with van der Waals surface area (Å²) < 4.78 is 0. The standard InChI is InChI=1S/C23H23N3/c1-15(2)12-17-8-10-18(11-9-17)22-13-20(21(14-24)23(25)26-22)19-7-5-4-6-16(19)3/h4-11,13,15H,12H2,1-3H3,(H2,25,26). The highest BCUT2D eigenvalue weighted by molar-refractivity contribution is 5.81. The Morgan fingerprint density at radius 3 is 2.35 bits per heavy atom.